The minimum Gasteiger partial charge on any atom is -1.00 e. The first-order chi connectivity index (χ1) is 8.31. The van der Waals surface area contributed by atoms with Crippen LogP contribution in [0.4, 0.5) is 0 Å². The predicted octanol–water partition coefficient (Wildman–Crippen LogP) is 3.23. The normalized spacial score (nSPS) is 10.1. The van der Waals surface area contributed by atoms with E-state index in [1.54, 1.807) is 0 Å². The molecule has 18 heavy (non-hydrogen) atoms. The molecule has 0 amide bonds. The van der Waals surface area contributed by atoms with Crippen molar-refractivity contribution >= 4 is 5.71 Å². The van der Waals surface area contributed by atoms with E-state index in [1.807, 2.05) is 0 Å². The summed E-state index contributed by atoms with van der Waals surface area (Å²) in [6.45, 7) is 4.49. The topological polar surface area (TPSA) is 23.9 Å². The van der Waals surface area contributed by atoms with Gasteiger partial charge >= 0.3 is 18.9 Å². The van der Waals surface area contributed by atoms with Gasteiger partial charge in [-0.3, -0.25) is 0 Å². The molecule has 0 bridgehead atoms. The Kier molecular flexibility index (Phi) is 19.7. The summed E-state index contributed by atoms with van der Waals surface area (Å²) in [5.74, 6) is 0. The van der Waals surface area contributed by atoms with Gasteiger partial charge in [-0.05, 0) is 25.7 Å². The van der Waals surface area contributed by atoms with Crippen molar-refractivity contribution in [3.63, 3.8) is 0 Å². The smallest absolute Gasteiger partial charge is 1.00 e. The van der Waals surface area contributed by atoms with E-state index in [2.05, 4.69) is 13.8 Å². The molecule has 0 saturated carbocycles. The Hall–Kier alpha value is 0.267. The number of rotatable bonds is 13. The maximum Gasteiger partial charge on any atom is 1.00 e. The number of hydrogen-bond acceptors (Lipinski definition) is 1. The molecule has 2 heteroatoms. The van der Waals surface area contributed by atoms with Crippen molar-refractivity contribution in [2.45, 2.75) is 97.3 Å². The van der Waals surface area contributed by atoms with Crippen LogP contribution in [0.5, 0.6) is 0 Å². The van der Waals surface area contributed by atoms with Gasteiger partial charge in [0, 0.05) is 5.71 Å². The molecule has 0 unspecified atom stereocenters. The van der Waals surface area contributed by atoms with E-state index in [9.17, 15) is 0 Å². The standard InChI is InChI=1S/C16H33N.Li.H/c1-3-5-7-8-9-10-11-13-15-16(17)14-12-6-4-2;;/h17H,3-15H2,1-2H3;;/q;+1;-1. The summed E-state index contributed by atoms with van der Waals surface area (Å²) in [5.41, 5.74) is 0.990. The van der Waals surface area contributed by atoms with Crippen LogP contribution in [0.1, 0.15) is 98.7 Å². The molecule has 0 heterocycles. The van der Waals surface area contributed by atoms with Gasteiger partial charge in [-0.2, -0.15) is 0 Å². The molecular weight excluding hydrogens is 213 g/mol. The van der Waals surface area contributed by atoms with E-state index in [1.165, 1.54) is 70.6 Å². The van der Waals surface area contributed by atoms with E-state index in [0.717, 1.165) is 18.6 Å². The SMILES string of the molecule is CCCCCCCCCCC(=N)CCCCC.[H-].[Li+]. The molecule has 1 nitrogen and oxygen atoms in total. The molecule has 0 aromatic rings. The van der Waals surface area contributed by atoms with E-state index >= 15 is 0 Å². The number of hydrogen-bond donors (Lipinski definition) is 1. The minimum absolute atomic E-state index is 0. The van der Waals surface area contributed by atoms with Gasteiger partial charge in [0.2, 0.25) is 0 Å². The largest absolute Gasteiger partial charge is 1.00 e. The molecule has 104 valence electrons. The molecule has 0 fully saturated rings. The van der Waals surface area contributed by atoms with Crippen LogP contribution >= 0.6 is 0 Å². The van der Waals surface area contributed by atoms with Crippen LogP contribution in [-0.2, 0) is 0 Å². The van der Waals surface area contributed by atoms with Crippen molar-refractivity contribution < 1.29 is 20.3 Å². The molecule has 0 radical (unpaired) electrons. The molecule has 0 aliphatic heterocycles. The van der Waals surface area contributed by atoms with E-state index < -0.39 is 0 Å². The number of unbranched alkanes of at least 4 members (excludes halogenated alkanes) is 9. The third-order valence-corrected chi connectivity index (χ3v) is 3.41. The third-order valence-electron chi connectivity index (χ3n) is 3.41. The molecule has 0 aromatic carbocycles. The van der Waals surface area contributed by atoms with Crippen molar-refractivity contribution in [3.8, 4) is 0 Å². The minimum atomic E-state index is 0. The van der Waals surface area contributed by atoms with Gasteiger partial charge in [-0.15, -0.1) is 0 Å². The Balaban J connectivity index is -0.00000128. The van der Waals surface area contributed by atoms with Gasteiger partial charge in [0.1, 0.15) is 0 Å². The van der Waals surface area contributed by atoms with Gasteiger partial charge in [0.25, 0.3) is 0 Å². The predicted molar refractivity (Wildman–Crippen MR) is 80.2 cm³/mol. The Morgan fingerprint density at radius 1 is 0.667 bits per heavy atom. The summed E-state index contributed by atoms with van der Waals surface area (Å²) < 4.78 is 0. The van der Waals surface area contributed by atoms with Crippen LogP contribution in [0.2, 0.25) is 0 Å². The van der Waals surface area contributed by atoms with Gasteiger partial charge in [0.15, 0.2) is 0 Å². The molecular formula is C16H34LiN. The first-order valence-electron chi connectivity index (χ1n) is 7.87. The second kappa shape index (κ2) is 17.3. The summed E-state index contributed by atoms with van der Waals surface area (Å²) in [6.07, 6.45) is 16.8. The molecule has 0 aromatic heterocycles. The fraction of sp³-hybridized carbons (Fsp3) is 0.938. The summed E-state index contributed by atoms with van der Waals surface area (Å²) >= 11 is 0. The van der Waals surface area contributed by atoms with Gasteiger partial charge in [-0.25, -0.2) is 0 Å². The Bertz CT molecular complexity index is 174. The summed E-state index contributed by atoms with van der Waals surface area (Å²) in [4.78, 5) is 0. The Morgan fingerprint density at radius 3 is 1.50 bits per heavy atom. The van der Waals surface area contributed by atoms with Crippen molar-refractivity contribution in [2.24, 2.45) is 0 Å². The summed E-state index contributed by atoms with van der Waals surface area (Å²) in [5, 5.41) is 7.84. The van der Waals surface area contributed by atoms with Crippen LogP contribution in [0.25, 0.3) is 0 Å². The fourth-order valence-electron chi connectivity index (χ4n) is 2.19. The van der Waals surface area contributed by atoms with Crippen LogP contribution in [0.15, 0.2) is 0 Å². The second-order valence-corrected chi connectivity index (χ2v) is 5.29. The molecule has 0 spiro atoms. The molecule has 0 atom stereocenters. The van der Waals surface area contributed by atoms with E-state index in [0.29, 0.717) is 0 Å². The second-order valence-electron chi connectivity index (χ2n) is 5.29. The maximum absolute atomic E-state index is 7.84. The van der Waals surface area contributed by atoms with E-state index in [4.69, 9.17) is 5.41 Å². The molecule has 1 N–H and O–H groups in total. The first-order valence-corrected chi connectivity index (χ1v) is 7.87. The molecule has 0 aliphatic rings. The van der Waals surface area contributed by atoms with Crippen molar-refractivity contribution in [1.29, 1.82) is 5.41 Å². The zero-order chi connectivity index (χ0) is 12.8. The fourth-order valence-corrected chi connectivity index (χ4v) is 2.19. The van der Waals surface area contributed by atoms with Gasteiger partial charge in [0.05, 0.1) is 0 Å². The van der Waals surface area contributed by atoms with Gasteiger partial charge in [-0.1, -0.05) is 71.6 Å². The maximum atomic E-state index is 7.84. The first kappa shape index (κ1) is 20.6. The zero-order valence-corrected chi connectivity index (χ0v) is 13.2. The van der Waals surface area contributed by atoms with Crippen LogP contribution in [-0.4, -0.2) is 5.71 Å². The van der Waals surface area contributed by atoms with Crippen LogP contribution in [0.3, 0.4) is 0 Å². The molecule has 0 saturated heterocycles. The average molecular weight is 247 g/mol. The van der Waals surface area contributed by atoms with Crippen molar-refractivity contribution in [1.82, 2.24) is 0 Å². The Labute approximate surface area is 129 Å². The van der Waals surface area contributed by atoms with Crippen LogP contribution in [0, 0.1) is 5.41 Å². The van der Waals surface area contributed by atoms with E-state index in [-0.39, 0.29) is 20.3 Å². The molecule has 0 rings (SSSR count). The van der Waals surface area contributed by atoms with Crippen LogP contribution < -0.4 is 18.9 Å². The molecule has 0 aliphatic carbocycles. The van der Waals surface area contributed by atoms with Gasteiger partial charge < -0.3 is 6.84 Å². The third kappa shape index (κ3) is 16.3. The monoisotopic (exact) mass is 247 g/mol. The quantitative estimate of drug-likeness (QED) is 0.293. The average Bonchev–Trinajstić information content (AvgIpc) is 2.33. The number of nitrogens with one attached hydrogen (secondary N) is 1. The van der Waals surface area contributed by atoms with Crippen molar-refractivity contribution in [3.05, 3.63) is 0 Å². The van der Waals surface area contributed by atoms with Crippen molar-refractivity contribution in [2.75, 3.05) is 0 Å². The summed E-state index contributed by atoms with van der Waals surface area (Å²) in [6, 6.07) is 0. The Morgan fingerprint density at radius 2 is 1.00 bits per heavy atom. The summed E-state index contributed by atoms with van der Waals surface area (Å²) in [7, 11) is 0. The zero-order valence-electron chi connectivity index (χ0n) is 14.2.